The standard InChI is InChI=1S/C13H20N4O3S/c1-3-17-11(9(14)7-15-17)12(18)16-5-6-21-8-10(16)13(19)20-4-2/h7,10H,3-6,8,14H2,1-2H3. The molecule has 1 fully saturated rings. The van der Waals surface area contributed by atoms with Crippen molar-refractivity contribution in [1.82, 2.24) is 14.7 Å². The molecular weight excluding hydrogens is 292 g/mol. The van der Waals surface area contributed by atoms with Gasteiger partial charge >= 0.3 is 5.97 Å². The van der Waals surface area contributed by atoms with Crippen molar-refractivity contribution in [2.24, 2.45) is 0 Å². The third kappa shape index (κ3) is 3.15. The van der Waals surface area contributed by atoms with E-state index in [0.717, 1.165) is 5.75 Å². The smallest absolute Gasteiger partial charge is 0.329 e. The van der Waals surface area contributed by atoms with Crippen molar-refractivity contribution in [2.75, 3.05) is 30.4 Å². The molecule has 1 amide bonds. The molecule has 2 N–H and O–H groups in total. The quantitative estimate of drug-likeness (QED) is 0.819. The van der Waals surface area contributed by atoms with Crippen LogP contribution in [0.1, 0.15) is 24.3 Å². The van der Waals surface area contributed by atoms with Gasteiger partial charge in [-0.05, 0) is 13.8 Å². The molecule has 1 aliphatic heterocycles. The summed E-state index contributed by atoms with van der Waals surface area (Å²) in [5.74, 6) is 0.719. The Hall–Kier alpha value is -1.70. The van der Waals surface area contributed by atoms with Gasteiger partial charge in [-0.1, -0.05) is 0 Å². The van der Waals surface area contributed by atoms with Crippen LogP contribution in [0, 0.1) is 0 Å². The highest BCUT2D eigenvalue weighted by Crippen LogP contribution is 2.22. The van der Waals surface area contributed by atoms with Crippen LogP contribution in [-0.4, -0.2) is 57.3 Å². The minimum Gasteiger partial charge on any atom is -0.464 e. The van der Waals surface area contributed by atoms with Gasteiger partial charge < -0.3 is 15.4 Å². The Labute approximate surface area is 127 Å². The van der Waals surface area contributed by atoms with E-state index in [9.17, 15) is 9.59 Å². The largest absolute Gasteiger partial charge is 0.464 e. The lowest BCUT2D eigenvalue weighted by Crippen LogP contribution is -2.51. The van der Waals surface area contributed by atoms with Crippen LogP contribution >= 0.6 is 11.8 Å². The Morgan fingerprint density at radius 1 is 1.52 bits per heavy atom. The topological polar surface area (TPSA) is 90.4 Å². The van der Waals surface area contributed by atoms with Crippen molar-refractivity contribution in [3.63, 3.8) is 0 Å². The predicted molar refractivity (Wildman–Crippen MR) is 81.1 cm³/mol. The van der Waals surface area contributed by atoms with Gasteiger partial charge in [0.15, 0.2) is 0 Å². The fourth-order valence-electron chi connectivity index (χ4n) is 2.29. The van der Waals surface area contributed by atoms with E-state index in [1.165, 1.54) is 6.20 Å². The molecule has 116 valence electrons. The summed E-state index contributed by atoms with van der Waals surface area (Å²) in [7, 11) is 0. The van der Waals surface area contributed by atoms with Crippen molar-refractivity contribution >= 4 is 29.3 Å². The SMILES string of the molecule is CCOC(=O)C1CSCCN1C(=O)c1c(N)cnn1CC. The Kier molecular flexibility index (Phi) is 5.11. The van der Waals surface area contributed by atoms with Crippen LogP contribution in [0.5, 0.6) is 0 Å². The molecule has 0 spiro atoms. The normalized spacial score (nSPS) is 18.6. The number of nitrogens with zero attached hydrogens (tertiary/aromatic N) is 3. The molecule has 2 rings (SSSR count). The monoisotopic (exact) mass is 312 g/mol. The van der Waals surface area contributed by atoms with Crippen LogP contribution in [0.15, 0.2) is 6.20 Å². The van der Waals surface area contributed by atoms with E-state index < -0.39 is 6.04 Å². The van der Waals surface area contributed by atoms with Gasteiger partial charge in [0.1, 0.15) is 11.7 Å². The second-order valence-electron chi connectivity index (χ2n) is 4.61. The molecule has 0 radical (unpaired) electrons. The van der Waals surface area contributed by atoms with Crippen LogP contribution in [0.3, 0.4) is 0 Å². The van der Waals surface area contributed by atoms with E-state index in [2.05, 4.69) is 5.10 Å². The van der Waals surface area contributed by atoms with Gasteiger partial charge in [-0.15, -0.1) is 0 Å². The molecule has 7 nitrogen and oxygen atoms in total. The summed E-state index contributed by atoms with van der Waals surface area (Å²) in [6, 6.07) is -0.559. The fraction of sp³-hybridized carbons (Fsp3) is 0.615. The lowest BCUT2D eigenvalue weighted by Gasteiger charge is -2.33. The number of hydrogen-bond acceptors (Lipinski definition) is 6. The summed E-state index contributed by atoms with van der Waals surface area (Å²) < 4.78 is 6.62. The zero-order valence-electron chi connectivity index (χ0n) is 12.2. The molecule has 0 aliphatic carbocycles. The number of amides is 1. The summed E-state index contributed by atoms with van der Waals surface area (Å²) in [6.07, 6.45) is 1.47. The summed E-state index contributed by atoms with van der Waals surface area (Å²) in [4.78, 5) is 26.3. The van der Waals surface area contributed by atoms with Crippen molar-refractivity contribution in [2.45, 2.75) is 26.4 Å². The van der Waals surface area contributed by atoms with Gasteiger partial charge in [-0.2, -0.15) is 16.9 Å². The maximum absolute atomic E-state index is 12.7. The van der Waals surface area contributed by atoms with Gasteiger partial charge in [-0.3, -0.25) is 9.48 Å². The van der Waals surface area contributed by atoms with E-state index in [1.807, 2.05) is 6.92 Å². The predicted octanol–water partition coefficient (Wildman–Crippen LogP) is 0.606. The molecule has 8 heteroatoms. The summed E-state index contributed by atoms with van der Waals surface area (Å²) in [5, 5.41) is 4.08. The van der Waals surface area contributed by atoms with E-state index in [4.69, 9.17) is 10.5 Å². The van der Waals surface area contributed by atoms with Crippen LogP contribution in [-0.2, 0) is 16.1 Å². The van der Waals surface area contributed by atoms with Crippen LogP contribution in [0.25, 0.3) is 0 Å². The third-order valence-electron chi connectivity index (χ3n) is 3.32. The number of anilines is 1. The maximum atomic E-state index is 12.7. The van der Waals surface area contributed by atoms with Crippen molar-refractivity contribution in [3.05, 3.63) is 11.9 Å². The highest BCUT2D eigenvalue weighted by Gasteiger charge is 2.35. The van der Waals surface area contributed by atoms with Gasteiger partial charge in [0.2, 0.25) is 0 Å². The fourth-order valence-corrected chi connectivity index (χ4v) is 3.32. The minimum atomic E-state index is -0.559. The number of rotatable bonds is 4. The molecule has 21 heavy (non-hydrogen) atoms. The van der Waals surface area contributed by atoms with E-state index in [1.54, 1.807) is 28.3 Å². The zero-order valence-corrected chi connectivity index (χ0v) is 13.1. The van der Waals surface area contributed by atoms with Gasteiger partial charge in [0, 0.05) is 24.6 Å². The first-order valence-electron chi connectivity index (χ1n) is 6.96. The van der Waals surface area contributed by atoms with Crippen molar-refractivity contribution < 1.29 is 14.3 Å². The number of aryl methyl sites for hydroxylation is 1. The highest BCUT2D eigenvalue weighted by molar-refractivity contribution is 7.99. The van der Waals surface area contributed by atoms with Crippen molar-refractivity contribution in [3.8, 4) is 0 Å². The molecule has 2 heterocycles. The highest BCUT2D eigenvalue weighted by atomic mass is 32.2. The average Bonchev–Trinajstić information content (AvgIpc) is 2.87. The van der Waals surface area contributed by atoms with Gasteiger partial charge in [-0.25, -0.2) is 4.79 Å². The zero-order chi connectivity index (χ0) is 15.4. The lowest BCUT2D eigenvalue weighted by atomic mass is 10.2. The Bertz CT molecular complexity index is 531. The molecule has 1 aliphatic rings. The second kappa shape index (κ2) is 6.84. The summed E-state index contributed by atoms with van der Waals surface area (Å²) in [6.45, 7) is 4.99. The number of hydrogen-bond donors (Lipinski definition) is 1. The number of carbonyl (C=O) groups is 2. The molecule has 0 aromatic carbocycles. The number of nitrogens with two attached hydrogens (primary N) is 1. The molecule has 1 aromatic heterocycles. The van der Waals surface area contributed by atoms with E-state index in [-0.39, 0.29) is 11.9 Å². The van der Waals surface area contributed by atoms with E-state index in [0.29, 0.717) is 36.8 Å². The number of thioether (sulfide) groups is 1. The first-order chi connectivity index (χ1) is 10.1. The maximum Gasteiger partial charge on any atom is 0.329 e. The number of esters is 1. The van der Waals surface area contributed by atoms with Crippen LogP contribution in [0.2, 0.25) is 0 Å². The molecular formula is C13H20N4O3S. The molecule has 1 aromatic rings. The van der Waals surface area contributed by atoms with Crippen LogP contribution in [0.4, 0.5) is 5.69 Å². The molecule has 1 saturated heterocycles. The molecule has 1 atom stereocenters. The van der Waals surface area contributed by atoms with Gasteiger partial charge in [0.25, 0.3) is 5.91 Å². The number of nitrogen functional groups attached to an aromatic ring is 1. The first kappa shape index (κ1) is 15.7. The summed E-state index contributed by atoms with van der Waals surface area (Å²) in [5.41, 5.74) is 6.53. The van der Waals surface area contributed by atoms with E-state index >= 15 is 0 Å². The van der Waals surface area contributed by atoms with Crippen molar-refractivity contribution in [1.29, 1.82) is 0 Å². The first-order valence-corrected chi connectivity index (χ1v) is 8.12. The number of carbonyl (C=O) groups excluding carboxylic acids is 2. The second-order valence-corrected chi connectivity index (χ2v) is 5.76. The Balaban J connectivity index is 2.26. The Morgan fingerprint density at radius 2 is 2.29 bits per heavy atom. The van der Waals surface area contributed by atoms with Crippen LogP contribution < -0.4 is 5.73 Å². The number of aromatic nitrogens is 2. The minimum absolute atomic E-state index is 0.259. The molecule has 0 bridgehead atoms. The van der Waals surface area contributed by atoms with Gasteiger partial charge in [0.05, 0.1) is 18.5 Å². The molecule has 1 unspecified atom stereocenters. The summed E-state index contributed by atoms with van der Waals surface area (Å²) >= 11 is 1.64. The third-order valence-corrected chi connectivity index (χ3v) is 4.34. The Morgan fingerprint density at radius 3 is 2.95 bits per heavy atom. The number of ether oxygens (including phenoxy) is 1. The lowest BCUT2D eigenvalue weighted by molar-refractivity contribution is -0.147. The average molecular weight is 312 g/mol. The molecule has 0 saturated carbocycles.